The van der Waals surface area contributed by atoms with Crippen LogP contribution in [-0.2, 0) is 16.1 Å². The number of rotatable bonds is 5. The highest BCUT2D eigenvalue weighted by atomic mass is 16.5. The maximum atomic E-state index is 12.5. The zero-order valence-electron chi connectivity index (χ0n) is 14.9. The molecule has 3 heterocycles. The summed E-state index contributed by atoms with van der Waals surface area (Å²) >= 11 is 0. The van der Waals surface area contributed by atoms with Gasteiger partial charge < -0.3 is 14.1 Å². The molecule has 0 N–H and O–H groups in total. The molecular formula is C19H25N3O4. The summed E-state index contributed by atoms with van der Waals surface area (Å²) in [5, 5.41) is 0. The molecule has 140 valence electrons. The SMILES string of the molecule is O=C(C[C@@H]1COCCN1CCn1c(=O)oc2ccccc21)N1CCCC1. The Morgan fingerprint density at radius 3 is 2.77 bits per heavy atom. The van der Waals surface area contributed by atoms with E-state index < -0.39 is 0 Å². The minimum absolute atomic E-state index is 0.0747. The lowest BCUT2D eigenvalue weighted by molar-refractivity contribution is -0.133. The number of nitrogens with zero attached hydrogens (tertiary/aromatic N) is 3. The Morgan fingerprint density at radius 1 is 1.12 bits per heavy atom. The standard InChI is InChI=1S/C19H25N3O4/c23-18(21-7-3-4-8-21)13-15-14-25-12-11-20(15)9-10-22-16-5-1-2-6-17(16)26-19(22)24/h1-2,5-6,15H,3-4,7-14H2/t15-/m1/s1. The second-order valence-corrected chi connectivity index (χ2v) is 7.04. The van der Waals surface area contributed by atoms with Crippen LogP contribution in [0.4, 0.5) is 0 Å². The summed E-state index contributed by atoms with van der Waals surface area (Å²) in [5.74, 6) is -0.113. The van der Waals surface area contributed by atoms with E-state index in [2.05, 4.69) is 4.90 Å². The highest BCUT2D eigenvalue weighted by molar-refractivity contribution is 5.77. The van der Waals surface area contributed by atoms with Crippen LogP contribution < -0.4 is 5.76 Å². The third-order valence-electron chi connectivity index (χ3n) is 5.40. The fraction of sp³-hybridized carbons (Fsp3) is 0.579. The lowest BCUT2D eigenvalue weighted by Crippen LogP contribution is -2.49. The molecule has 0 saturated carbocycles. The molecule has 7 nitrogen and oxygen atoms in total. The Hall–Kier alpha value is -2.12. The first-order chi connectivity index (χ1) is 12.7. The number of carbonyl (C=O) groups is 1. The molecule has 2 saturated heterocycles. The quantitative estimate of drug-likeness (QED) is 0.805. The van der Waals surface area contributed by atoms with Gasteiger partial charge >= 0.3 is 5.76 Å². The molecule has 0 unspecified atom stereocenters. The number of ether oxygens (including phenoxy) is 1. The van der Waals surface area contributed by atoms with E-state index in [1.807, 2.05) is 23.1 Å². The monoisotopic (exact) mass is 359 g/mol. The van der Waals surface area contributed by atoms with Crippen LogP contribution in [0.15, 0.2) is 33.5 Å². The van der Waals surface area contributed by atoms with Crippen LogP contribution in [0.5, 0.6) is 0 Å². The number of hydrogen-bond donors (Lipinski definition) is 0. The Morgan fingerprint density at radius 2 is 1.92 bits per heavy atom. The minimum Gasteiger partial charge on any atom is -0.408 e. The molecule has 1 aromatic heterocycles. The molecule has 4 rings (SSSR count). The molecule has 0 aliphatic carbocycles. The molecule has 2 aliphatic rings. The highest BCUT2D eigenvalue weighted by Crippen LogP contribution is 2.16. The third-order valence-corrected chi connectivity index (χ3v) is 5.40. The van der Waals surface area contributed by atoms with Crippen molar-refractivity contribution in [1.82, 2.24) is 14.4 Å². The summed E-state index contributed by atoms with van der Waals surface area (Å²) in [6.45, 7) is 5.01. The van der Waals surface area contributed by atoms with Crippen molar-refractivity contribution >= 4 is 17.0 Å². The van der Waals surface area contributed by atoms with Crippen molar-refractivity contribution in [1.29, 1.82) is 0 Å². The summed E-state index contributed by atoms with van der Waals surface area (Å²) in [5.41, 5.74) is 1.43. The van der Waals surface area contributed by atoms with E-state index in [4.69, 9.17) is 9.15 Å². The molecule has 1 aromatic carbocycles. The summed E-state index contributed by atoms with van der Waals surface area (Å²) in [4.78, 5) is 28.9. The van der Waals surface area contributed by atoms with E-state index in [1.54, 1.807) is 10.6 Å². The molecule has 2 aliphatic heterocycles. The summed E-state index contributed by atoms with van der Waals surface area (Å²) in [7, 11) is 0. The van der Waals surface area contributed by atoms with Gasteiger partial charge in [-0.05, 0) is 25.0 Å². The Kier molecular flexibility index (Phi) is 5.08. The Labute approximate surface area is 152 Å². The Balaban J connectivity index is 1.42. The molecule has 1 atom stereocenters. The molecule has 7 heteroatoms. The van der Waals surface area contributed by atoms with Crippen molar-refractivity contribution in [3.63, 3.8) is 0 Å². The van der Waals surface area contributed by atoms with Gasteiger partial charge in [0.2, 0.25) is 5.91 Å². The number of fused-ring (bicyclic) bond motifs is 1. The normalized spacial score (nSPS) is 21.5. The van der Waals surface area contributed by atoms with Crippen LogP contribution in [0.2, 0.25) is 0 Å². The molecule has 0 spiro atoms. The van der Waals surface area contributed by atoms with Crippen LogP contribution in [0, 0.1) is 0 Å². The van der Waals surface area contributed by atoms with Gasteiger partial charge in [0.25, 0.3) is 0 Å². The van der Waals surface area contributed by atoms with E-state index in [0.29, 0.717) is 38.3 Å². The number of carbonyl (C=O) groups excluding carboxylic acids is 1. The molecule has 0 bridgehead atoms. The van der Waals surface area contributed by atoms with Gasteiger partial charge in [-0.25, -0.2) is 4.79 Å². The summed E-state index contributed by atoms with van der Waals surface area (Å²) in [6.07, 6.45) is 2.70. The van der Waals surface area contributed by atoms with Crippen LogP contribution in [-0.4, -0.2) is 65.7 Å². The number of hydrogen-bond acceptors (Lipinski definition) is 5. The van der Waals surface area contributed by atoms with Crippen molar-refractivity contribution in [3.8, 4) is 0 Å². The smallest absolute Gasteiger partial charge is 0.408 e. The summed E-state index contributed by atoms with van der Waals surface area (Å²) in [6, 6.07) is 7.54. The predicted molar refractivity (Wildman–Crippen MR) is 97.1 cm³/mol. The number of morpholine rings is 1. The third kappa shape index (κ3) is 3.54. The Bertz CT molecular complexity index is 822. The van der Waals surface area contributed by atoms with E-state index in [-0.39, 0.29) is 17.7 Å². The fourth-order valence-electron chi connectivity index (χ4n) is 3.92. The van der Waals surface area contributed by atoms with E-state index in [9.17, 15) is 9.59 Å². The van der Waals surface area contributed by atoms with Crippen molar-refractivity contribution in [3.05, 3.63) is 34.8 Å². The average molecular weight is 359 g/mol. The van der Waals surface area contributed by atoms with Gasteiger partial charge in [0.1, 0.15) is 0 Å². The maximum absolute atomic E-state index is 12.5. The molecule has 26 heavy (non-hydrogen) atoms. The number of amides is 1. The van der Waals surface area contributed by atoms with Crippen molar-refractivity contribution in [2.75, 3.05) is 39.4 Å². The topological polar surface area (TPSA) is 67.9 Å². The van der Waals surface area contributed by atoms with Crippen LogP contribution in [0.1, 0.15) is 19.3 Å². The second kappa shape index (κ2) is 7.63. The summed E-state index contributed by atoms with van der Waals surface area (Å²) < 4.78 is 12.6. The molecular weight excluding hydrogens is 334 g/mol. The van der Waals surface area contributed by atoms with Gasteiger partial charge in [-0.1, -0.05) is 12.1 Å². The molecule has 1 amide bonds. The van der Waals surface area contributed by atoms with Crippen molar-refractivity contribution in [2.24, 2.45) is 0 Å². The number of para-hydroxylation sites is 2. The van der Waals surface area contributed by atoms with Crippen molar-refractivity contribution < 1.29 is 13.9 Å². The largest absolute Gasteiger partial charge is 0.419 e. The number of oxazole rings is 1. The molecule has 2 fully saturated rings. The number of benzene rings is 1. The zero-order chi connectivity index (χ0) is 17.9. The lowest BCUT2D eigenvalue weighted by Gasteiger charge is -2.36. The van der Waals surface area contributed by atoms with E-state index in [1.165, 1.54) is 0 Å². The van der Waals surface area contributed by atoms with Crippen LogP contribution in [0.3, 0.4) is 0 Å². The zero-order valence-corrected chi connectivity index (χ0v) is 14.9. The first kappa shape index (κ1) is 17.3. The predicted octanol–water partition coefficient (Wildman–Crippen LogP) is 1.31. The van der Waals surface area contributed by atoms with Gasteiger partial charge in [-0.3, -0.25) is 14.3 Å². The fourth-order valence-corrected chi connectivity index (χ4v) is 3.92. The molecule has 0 radical (unpaired) electrons. The maximum Gasteiger partial charge on any atom is 0.419 e. The minimum atomic E-state index is -0.329. The lowest BCUT2D eigenvalue weighted by atomic mass is 10.1. The van der Waals surface area contributed by atoms with Gasteiger partial charge in [0.15, 0.2) is 5.58 Å². The van der Waals surface area contributed by atoms with Gasteiger partial charge in [0, 0.05) is 45.2 Å². The second-order valence-electron chi connectivity index (χ2n) is 7.04. The van der Waals surface area contributed by atoms with Crippen LogP contribution >= 0.6 is 0 Å². The number of likely N-dealkylation sites (tertiary alicyclic amines) is 1. The van der Waals surface area contributed by atoms with Crippen molar-refractivity contribution in [2.45, 2.75) is 31.8 Å². The van der Waals surface area contributed by atoms with Crippen LogP contribution in [0.25, 0.3) is 11.1 Å². The highest BCUT2D eigenvalue weighted by Gasteiger charge is 2.28. The first-order valence-corrected chi connectivity index (χ1v) is 9.40. The molecule has 2 aromatic rings. The van der Waals surface area contributed by atoms with E-state index >= 15 is 0 Å². The van der Waals surface area contributed by atoms with Gasteiger partial charge in [-0.2, -0.15) is 0 Å². The van der Waals surface area contributed by atoms with E-state index in [0.717, 1.165) is 38.0 Å². The average Bonchev–Trinajstić information content (AvgIpc) is 3.29. The first-order valence-electron chi connectivity index (χ1n) is 9.40. The van der Waals surface area contributed by atoms with Gasteiger partial charge in [0.05, 0.1) is 18.7 Å². The van der Waals surface area contributed by atoms with Gasteiger partial charge in [-0.15, -0.1) is 0 Å². The number of aromatic nitrogens is 1.